The van der Waals surface area contributed by atoms with Crippen LogP contribution in [0.5, 0.6) is 0 Å². The first-order chi connectivity index (χ1) is 10.0. The summed E-state index contributed by atoms with van der Waals surface area (Å²) in [6, 6.07) is 4.76. The average molecular weight is 322 g/mol. The predicted molar refractivity (Wildman–Crippen MR) is 78.6 cm³/mol. The van der Waals surface area contributed by atoms with Crippen LogP contribution >= 0.6 is 23.1 Å². The molecule has 0 amide bonds. The van der Waals surface area contributed by atoms with Gasteiger partial charge in [0.15, 0.2) is 4.34 Å². The Morgan fingerprint density at radius 1 is 1.43 bits per heavy atom. The van der Waals surface area contributed by atoms with Crippen molar-refractivity contribution in [2.45, 2.75) is 29.4 Å². The summed E-state index contributed by atoms with van der Waals surface area (Å²) < 4.78 is 1.50. The Bertz CT molecular complexity index is 812. The lowest BCUT2D eigenvalue weighted by molar-refractivity contribution is -0.384. The van der Waals surface area contributed by atoms with Gasteiger partial charge >= 0.3 is 0 Å². The zero-order valence-electron chi connectivity index (χ0n) is 11.1. The molecule has 0 aliphatic heterocycles. The lowest BCUT2D eigenvalue weighted by atomic mass is 10.3. The molecule has 21 heavy (non-hydrogen) atoms. The van der Waals surface area contributed by atoms with Gasteiger partial charge in [0, 0.05) is 12.1 Å². The van der Waals surface area contributed by atoms with Crippen LogP contribution in [0.4, 0.5) is 5.69 Å². The number of nitro benzene ring substituents is 1. The van der Waals surface area contributed by atoms with Crippen molar-refractivity contribution in [3.63, 3.8) is 0 Å². The molecule has 8 nitrogen and oxygen atoms in total. The summed E-state index contributed by atoms with van der Waals surface area (Å²) in [7, 11) is 0. The van der Waals surface area contributed by atoms with Crippen LogP contribution in [-0.2, 0) is 0 Å². The molecule has 3 aromatic rings. The molecule has 0 fully saturated rings. The Morgan fingerprint density at radius 3 is 2.90 bits per heavy atom. The van der Waals surface area contributed by atoms with Gasteiger partial charge in [0.1, 0.15) is 0 Å². The number of thiazole rings is 1. The van der Waals surface area contributed by atoms with Crippen LogP contribution in [0.2, 0.25) is 0 Å². The van der Waals surface area contributed by atoms with Crippen LogP contribution < -0.4 is 0 Å². The van der Waals surface area contributed by atoms with Crippen molar-refractivity contribution in [1.29, 1.82) is 0 Å². The van der Waals surface area contributed by atoms with Gasteiger partial charge in [-0.05, 0) is 36.9 Å². The number of hydrogen-bond donors (Lipinski definition) is 0. The summed E-state index contributed by atoms with van der Waals surface area (Å²) >= 11 is 2.67. The van der Waals surface area contributed by atoms with Crippen molar-refractivity contribution in [3.05, 3.63) is 28.3 Å². The SMILES string of the molecule is CC(C)n1nnc(Sc2nc3ccc([N+](=O)[O-])cc3s2)n1. The van der Waals surface area contributed by atoms with Crippen molar-refractivity contribution < 1.29 is 4.92 Å². The summed E-state index contributed by atoms with van der Waals surface area (Å²) in [6.07, 6.45) is 0. The number of nitro groups is 1. The second-order valence-corrected chi connectivity index (χ2v) is 6.72. The molecule has 2 heterocycles. The Hall–Kier alpha value is -2.07. The predicted octanol–water partition coefficient (Wildman–Crippen LogP) is 2.92. The quantitative estimate of drug-likeness (QED) is 0.537. The maximum Gasteiger partial charge on any atom is 0.270 e. The normalized spacial score (nSPS) is 11.4. The number of tetrazole rings is 1. The third-order valence-electron chi connectivity index (χ3n) is 2.61. The summed E-state index contributed by atoms with van der Waals surface area (Å²) in [6.45, 7) is 3.93. The number of nitrogens with zero attached hydrogens (tertiary/aromatic N) is 6. The fourth-order valence-electron chi connectivity index (χ4n) is 1.60. The standard InChI is InChI=1S/C11H10N6O2S2/c1-6(2)16-14-10(13-15-16)21-11-12-8-4-3-7(17(18)19)5-9(8)20-11/h3-6H,1-2H3. The van der Waals surface area contributed by atoms with E-state index in [9.17, 15) is 10.1 Å². The molecule has 0 saturated heterocycles. The largest absolute Gasteiger partial charge is 0.270 e. The van der Waals surface area contributed by atoms with E-state index in [1.54, 1.807) is 6.07 Å². The molecule has 0 radical (unpaired) electrons. The molecule has 1 aromatic carbocycles. The smallest absolute Gasteiger partial charge is 0.258 e. The highest BCUT2D eigenvalue weighted by Crippen LogP contribution is 2.34. The van der Waals surface area contributed by atoms with Gasteiger partial charge in [0.05, 0.1) is 21.2 Å². The number of fused-ring (bicyclic) bond motifs is 1. The maximum atomic E-state index is 10.8. The van der Waals surface area contributed by atoms with Crippen molar-refractivity contribution in [3.8, 4) is 0 Å². The van der Waals surface area contributed by atoms with Gasteiger partial charge in [-0.25, -0.2) is 4.98 Å². The number of rotatable bonds is 4. The van der Waals surface area contributed by atoms with Gasteiger partial charge in [-0.15, -0.1) is 21.5 Å². The first kappa shape index (κ1) is 13.9. The first-order valence-electron chi connectivity index (χ1n) is 6.05. The van der Waals surface area contributed by atoms with Crippen LogP contribution in [0, 0.1) is 10.1 Å². The van der Waals surface area contributed by atoms with Crippen molar-refractivity contribution in [2.24, 2.45) is 0 Å². The maximum absolute atomic E-state index is 10.8. The first-order valence-corrected chi connectivity index (χ1v) is 7.68. The molecule has 0 aliphatic rings. The molecule has 0 atom stereocenters. The highest BCUT2D eigenvalue weighted by molar-refractivity contribution is 8.01. The highest BCUT2D eigenvalue weighted by atomic mass is 32.2. The molecule has 3 rings (SSSR count). The molecule has 10 heteroatoms. The van der Waals surface area contributed by atoms with Crippen molar-refractivity contribution in [2.75, 3.05) is 0 Å². The van der Waals surface area contributed by atoms with Crippen LogP contribution in [0.25, 0.3) is 10.2 Å². The number of non-ortho nitro benzene ring substituents is 1. The van der Waals surface area contributed by atoms with Gasteiger partial charge in [0.2, 0.25) is 5.16 Å². The molecule has 0 bridgehead atoms. The van der Waals surface area contributed by atoms with E-state index in [1.807, 2.05) is 13.8 Å². The zero-order valence-corrected chi connectivity index (χ0v) is 12.8. The lowest BCUT2D eigenvalue weighted by Gasteiger charge is -1.98. The summed E-state index contributed by atoms with van der Waals surface area (Å²) in [5, 5.41) is 23.4. The van der Waals surface area contributed by atoms with E-state index in [1.165, 1.54) is 40.0 Å². The van der Waals surface area contributed by atoms with Gasteiger partial charge in [-0.1, -0.05) is 0 Å². The number of hydrogen-bond acceptors (Lipinski definition) is 8. The van der Waals surface area contributed by atoms with Crippen LogP contribution in [-0.4, -0.2) is 30.1 Å². The third-order valence-corrected chi connectivity index (χ3v) is 4.54. The monoisotopic (exact) mass is 322 g/mol. The van der Waals surface area contributed by atoms with Crippen LogP contribution in [0.15, 0.2) is 27.7 Å². The van der Waals surface area contributed by atoms with Crippen LogP contribution in [0.1, 0.15) is 19.9 Å². The minimum Gasteiger partial charge on any atom is -0.258 e. The molecule has 0 spiro atoms. The average Bonchev–Trinajstić information content (AvgIpc) is 3.03. The van der Waals surface area contributed by atoms with E-state index < -0.39 is 4.92 Å². The molecule has 0 N–H and O–H groups in total. The fourth-order valence-corrected chi connectivity index (χ4v) is 3.49. The minimum atomic E-state index is -0.415. The van der Waals surface area contributed by atoms with E-state index in [2.05, 4.69) is 20.4 Å². The van der Waals surface area contributed by atoms with Gasteiger partial charge in [-0.2, -0.15) is 4.80 Å². The topological polar surface area (TPSA) is 99.6 Å². The van der Waals surface area contributed by atoms with Gasteiger partial charge in [0.25, 0.3) is 5.69 Å². The molecular weight excluding hydrogens is 312 g/mol. The zero-order chi connectivity index (χ0) is 15.0. The lowest BCUT2D eigenvalue weighted by Crippen LogP contribution is -2.04. The second-order valence-electron chi connectivity index (χ2n) is 4.48. The number of benzene rings is 1. The van der Waals surface area contributed by atoms with Gasteiger partial charge < -0.3 is 0 Å². The summed E-state index contributed by atoms with van der Waals surface area (Å²) in [4.78, 5) is 16.3. The van der Waals surface area contributed by atoms with Crippen molar-refractivity contribution in [1.82, 2.24) is 25.2 Å². The van der Waals surface area contributed by atoms with E-state index >= 15 is 0 Å². The molecule has 108 valence electrons. The highest BCUT2D eigenvalue weighted by Gasteiger charge is 2.13. The van der Waals surface area contributed by atoms with E-state index in [0.717, 1.165) is 14.6 Å². The Labute approximate surface area is 127 Å². The van der Waals surface area contributed by atoms with Crippen LogP contribution in [0.3, 0.4) is 0 Å². The van der Waals surface area contributed by atoms with Crippen molar-refractivity contribution >= 4 is 39.0 Å². The number of aromatic nitrogens is 5. The van der Waals surface area contributed by atoms with Gasteiger partial charge in [-0.3, -0.25) is 10.1 Å². The summed E-state index contributed by atoms with van der Waals surface area (Å²) in [5.41, 5.74) is 0.788. The van der Waals surface area contributed by atoms with E-state index in [4.69, 9.17) is 0 Å². The minimum absolute atomic E-state index is 0.0616. The molecule has 0 unspecified atom stereocenters. The molecule has 0 aliphatic carbocycles. The summed E-state index contributed by atoms with van der Waals surface area (Å²) in [5.74, 6) is 0. The van der Waals surface area contributed by atoms with E-state index in [0.29, 0.717) is 5.16 Å². The second kappa shape index (κ2) is 5.37. The Kier molecular flexibility index (Phi) is 3.55. The molecular formula is C11H10N6O2S2. The Balaban J connectivity index is 1.88. The fraction of sp³-hybridized carbons (Fsp3) is 0.273. The third kappa shape index (κ3) is 2.85. The molecule has 0 saturated carbocycles. The Morgan fingerprint density at radius 2 is 2.24 bits per heavy atom. The molecule has 2 aromatic heterocycles. The van der Waals surface area contributed by atoms with E-state index in [-0.39, 0.29) is 11.7 Å².